The van der Waals surface area contributed by atoms with Crippen molar-refractivity contribution in [3.63, 3.8) is 0 Å². The fraction of sp³-hybridized carbons (Fsp3) is 0. The number of para-hydroxylation sites is 1. The van der Waals surface area contributed by atoms with Gasteiger partial charge in [-0.3, -0.25) is 0 Å². The molecule has 0 aliphatic rings. The lowest BCUT2D eigenvalue weighted by Gasteiger charge is -2.26. The number of furan rings is 1. The van der Waals surface area contributed by atoms with Crippen LogP contribution in [0.2, 0.25) is 0 Å². The van der Waals surface area contributed by atoms with Crippen LogP contribution in [0.15, 0.2) is 223 Å². The fourth-order valence-electron chi connectivity index (χ4n) is 8.23. The van der Waals surface area contributed by atoms with E-state index in [2.05, 4.69) is 157 Å². The molecule has 0 bridgehead atoms. The van der Waals surface area contributed by atoms with E-state index >= 15 is 0 Å². The molecule has 0 amide bonds. The standard InChI is InChI=1S/C55H36N4O/c1-5-15-37(16-6-1)38-25-30-44(31-26-38)59(43-22-11-4-12-23-43)45-32-27-40(28-33-45)47-34-35-48(51-50-46-24-14-13-17-39(46)29-36-49(50)60-52(47)51)55-57-53(41-18-7-2-8-19-41)56-54(58-55)42-20-9-3-10-21-42/h1-36H. The van der Waals surface area contributed by atoms with Gasteiger partial charge in [0, 0.05) is 50.1 Å². The van der Waals surface area contributed by atoms with Crippen molar-refractivity contribution in [2.75, 3.05) is 4.90 Å². The maximum absolute atomic E-state index is 6.92. The highest BCUT2D eigenvalue weighted by atomic mass is 16.3. The van der Waals surface area contributed by atoms with Crippen molar-refractivity contribution in [1.82, 2.24) is 15.0 Å². The van der Waals surface area contributed by atoms with Crippen molar-refractivity contribution in [1.29, 1.82) is 0 Å². The number of aromatic nitrogens is 3. The molecule has 0 unspecified atom stereocenters. The quantitative estimate of drug-likeness (QED) is 0.154. The normalized spacial score (nSPS) is 11.3. The van der Waals surface area contributed by atoms with Crippen molar-refractivity contribution in [3.8, 4) is 56.4 Å². The molecule has 2 aromatic heterocycles. The Balaban J connectivity index is 1.08. The van der Waals surface area contributed by atoms with E-state index in [0.717, 1.165) is 77.6 Å². The van der Waals surface area contributed by atoms with E-state index in [1.54, 1.807) is 0 Å². The Morgan fingerprint density at radius 3 is 1.40 bits per heavy atom. The van der Waals surface area contributed by atoms with Gasteiger partial charge in [-0.15, -0.1) is 0 Å². The summed E-state index contributed by atoms with van der Waals surface area (Å²) in [5.74, 6) is 1.81. The Hall–Kier alpha value is -8.15. The van der Waals surface area contributed by atoms with Crippen molar-refractivity contribution in [2.45, 2.75) is 0 Å². The van der Waals surface area contributed by atoms with Gasteiger partial charge in [0.25, 0.3) is 0 Å². The predicted molar refractivity (Wildman–Crippen MR) is 246 cm³/mol. The summed E-state index contributed by atoms with van der Waals surface area (Å²) in [6.07, 6.45) is 0. The molecule has 5 heteroatoms. The van der Waals surface area contributed by atoms with E-state index in [-0.39, 0.29) is 0 Å². The van der Waals surface area contributed by atoms with E-state index in [9.17, 15) is 0 Å². The molecule has 282 valence electrons. The topological polar surface area (TPSA) is 55.1 Å². The van der Waals surface area contributed by atoms with E-state index in [4.69, 9.17) is 19.4 Å². The van der Waals surface area contributed by atoms with Crippen LogP contribution >= 0.6 is 0 Å². The molecule has 0 saturated carbocycles. The lowest BCUT2D eigenvalue weighted by atomic mass is 9.95. The molecule has 0 N–H and O–H groups in total. The minimum Gasteiger partial charge on any atom is -0.455 e. The first-order valence-electron chi connectivity index (χ1n) is 20.1. The molecular weight excluding hydrogens is 733 g/mol. The van der Waals surface area contributed by atoms with Crippen LogP contribution in [0.4, 0.5) is 17.1 Å². The van der Waals surface area contributed by atoms with Gasteiger partial charge in [-0.25, -0.2) is 15.0 Å². The first kappa shape index (κ1) is 35.0. The smallest absolute Gasteiger partial charge is 0.164 e. The fourth-order valence-corrected chi connectivity index (χ4v) is 8.23. The van der Waals surface area contributed by atoms with Gasteiger partial charge >= 0.3 is 0 Å². The summed E-state index contributed by atoms with van der Waals surface area (Å²) in [7, 11) is 0. The van der Waals surface area contributed by atoms with Crippen LogP contribution in [0, 0.1) is 0 Å². The minimum atomic E-state index is 0.585. The van der Waals surface area contributed by atoms with Crippen LogP contribution in [0.25, 0.3) is 89.1 Å². The van der Waals surface area contributed by atoms with Crippen LogP contribution in [-0.2, 0) is 0 Å². The van der Waals surface area contributed by atoms with Crippen LogP contribution in [0.3, 0.4) is 0 Å². The van der Waals surface area contributed by atoms with Gasteiger partial charge in [-0.2, -0.15) is 0 Å². The van der Waals surface area contributed by atoms with Crippen molar-refractivity contribution in [2.24, 2.45) is 0 Å². The molecule has 2 heterocycles. The summed E-state index contributed by atoms with van der Waals surface area (Å²) >= 11 is 0. The van der Waals surface area contributed by atoms with Gasteiger partial charge in [0.1, 0.15) is 11.2 Å². The first-order chi connectivity index (χ1) is 29.7. The van der Waals surface area contributed by atoms with Crippen LogP contribution in [0.5, 0.6) is 0 Å². The molecule has 0 spiro atoms. The first-order valence-corrected chi connectivity index (χ1v) is 20.1. The minimum absolute atomic E-state index is 0.585. The maximum Gasteiger partial charge on any atom is 0.164 e. The number of hydrogen-bond donors (Lipinski definition) is 0. The Morgan fingerprint density at radius 2 is 0.783 bits per heavy atom. The number of rotatable bonds is 8. The second-order valence-electron chi connectivity index (χ2n) is 14.8. The molecule has 11 aromatic rings. The highest BCUT2D eigenvalue weighted by Crippen LogP contribution is 2.45. The summed E-state index contributed by atoms with van der Waals surface area (Å²) in [5.41, 5.74) is 11.9. The summed E-state index contributed by atoms with van der Waals surface area (Å²) < 4.78 is 6.92. The summed E-state index contributed by atoms with van der Waals surface area (Å²) in [5, 5.41) is 4.25. The zero-order valence-electron chi connectivity index (χ0n) is 32.5. The Morgan fingerprint density at radius 1 is 0.317 bits per heavy atom. The third kappa shape index (κ3) is 6.35. The molecule has 0 atom stereocenters. The van der Waals surface area contributed by atoms with Crippen molar-refractivity contribution >= 4 is 49.8 Å². The molecule has 5 nitrogen and oxygen atoms in total. The molecule has 0 saturated heterocycles. The number of fused-ring (bicyclic) bond motifs is 5. The lowest BCUT2D eigenvalue weighted by molar-refractivity contribution is 0.670. The summed E-state index contributed by atoms with van der Waals surface area (Å²) in [6.45, 7) is 0. The third-order valence-electron chi connectivity index (χ3n) is 11.1. The molecular formula is C55H36N4O. The molecule has 0 aliphatic carbocycles. The van der Waals surface area contributed by atoms with Crippen LogP contribution in [-0.4, -0.2) is 15.0 Å². The second-order valence-corrected chi connectivity index (χ2v) is 14.8. The van der Waals surface area contributed by atoms with Gasteiger partial charge in [-0.05, 0) is 82.1 Å². The summed E-state index contributed by atoms with van der Waals surface area (Å²) in [6, 6.07) is 75.7. The van der Waals surface area contributed by atoms with Crippen LogP contribution < -0.4 is 4.90 Å². The molecule has 11 rings (SSSR count). The number of benzene rings is 9. The SMILES string of the molecule is c1ccc(-c2ccc(N(c3ccccc3)c3ccc(-c4ccc(-c5nc(-c6ccccc6)nc(-c6ccccc6)n5)c5c4oc4ccc6ccccc6c45)cc3)cc2)cc1. The van der Waals surface area contributed by atoms with Crippen molar-refractivity contribution < 1.29 is 4.42 Å². The molecule has 0 radical (unpaired) electrons. The molecule has 60 heavy (non-hydrogen) atoms. The predicted octanol–water partition coefficient (Wildman–Crippen LogP) is 14.7. The van der Waals surface area contributed by atoms with E-state index < -0.39 is 0 Å². The van der Waals surface area contributed by atoms with Gasteiger partial charge in [-0.1, -0.05) is 164 Å². The maximum atomic E-state index is 6.92. The average molecular weight is 769 g/mol. The molecule has 0 fully saturated rings. The van der Waals surface area contributed by atoms with Crippen molar-refractivity contribution in [3.05, 3.63) is 218 Å². The average Bonchev–Trinajstić information content (AvgIpc) is 3.73. The van der Waals surface area contributed by atoms with E-state index in [1.807, 2.05) is 66.7 Å². The summed E-state index contributed by atoms with van der Waals surface area (Å²) in [4.78, 5) is 17.6. The second kappa shape index (κ2) is 15.0. The van der Waals surface area contributed by atoms with Gasteiger partial charge < -0.3 is 9.32 Å². The van der Waals surface area contributed by atoms with E-state index in [1.165, 1.54) is 11.1 Å². The number of anilines is 3. The monoisotopic (exact) mass is 768 g/mol. The van der Waals surface area contributed by atoms with Gasteiger partial charge in [0.05, 0.1) is 0 Å². The zero-order chi connectivity index (χ0) is 39.8. The lowest BCUT2D eigenvalue weighted by Crippen LogP contribution is -2.09. The molecule has 9 aromatic carbocycles. The Bertz CT molecular complexity index is 3220. The zero-order valence-corrected chi connectivity index (χ0v) is 32.5. The van der Waals surface area contributed by atoms with Gasteiger partial charge in [0.15, 0.2) is 17.5 Å². The largest absolute Gasteiger partial charge is 0.455 e. The van der Waals surface area contributed by atoms with Crippen LogP contribution in [0.1, 0.15) is 0 Å². The number of hydrogen-bond acceptors (Lipinski definition) is 5. The third-order valence-corrected chi connectivity index (χ3v) is 11.1. The van der Waals surface area contributed by atoms with Gasteiger partial charge in [0.2, 0.25) is 0 Å². The number of nitrogens with zero attached hydrogens (tertiary/aromatic N) is 4. The molecule has 0 aliphatic heterocycles. The Labute approximate surface area is 347 Å². The Kier molecular flexibility index (Phi) is 8.75. The highest BCUT2D eigenvalue weighted by molar-refractivity contribution is 6.24. The van der Waals surface area contributed by atoms with E-state index in [0.29, 0.717) is 17.5 Å². The highest BCUT2D eigenvalue weighted by Gasteiger charge is 2.22.